The Bertz CT molecular complexity index is 93.1. The predicted molar refractivity (Wildman–Crippen MR) is 35.5 cm³/mol. The minimum absolute atomic E-state index is 0.445. The third kappa shape index (κ3) is 5.14. The first-order valence-electron chi connectivity index (χ1n) is 3.13. The van der Waals surface area contributed by atoms with Gasteiger partial charge in [-0.15, -0.1) is 0 Å². The van der Waals surface area contributed by atoms with Gasteiger partial charge in [0.05, 0.1) is 0 Å². The summed E-state index contributed by atoms with van der Waals surface area (Å²) in [5, 5.41) is 10.5. The van der Waals surface area contributed by atoms with E-state index in [-0.39, 0.29) is 0 Å². The molecule has 0 aromatic carbocycles. The normalized spacial score (nSPS) is 12.7. The molecule has 0 aliphatic heterocycles. The Balaban J connectivity index is 3.16. The van der Waals surface area contributed by atoms with E-state index in [0.717, 1.165) is 6.42 Å². The Labute approximate surface area is 55.1 Å². The first kappa shape index (κ1) is 8.27. The zero-order chi connectivity index (χ0) is 7.28. The monoisotopic (exact) mass is 131 g/mol. The zero-order valence-electron chi connectivity index (χ0n) is 5.85. The number of hydrogen-bond donors (Lipinski definition) is 2. The molecule has 1 atom stereocenters. The van der Waals surface area contributed by atoms with Crippen LogP contribution in [0.2, 0.25) is 0 Å². The molecule has 3 heteroatoms. The van der Waals surface area contributed by atoms with Crippen LogP contribution in [0.4, 0.5) is 4.79 Å². The molecule has 0 aromatic heterocycles. The van der Waals surface area contributed by atoms with Gasteiger partial charge in [-0.1, -0.05) is 20.3 Å². The van der Waals surface area contributed by atoms with E-state index in [4.69, 9.17) is 5.11 Å². The Hall–Kier alpha value is -0.730. The summed E-state index contributed by atoms with van der Waals surface area (Å²) in [5.41, 5.74) is 0. The Kier molecular flexibility index (Phi) is 3.84. The Morgan fingerprint density at radius 3 is 2.67 bits per heavy atom. The van der Waals surface area contributed by atoms with E-state index < -0.39 is 6.09 Å². The molecule has 0 spiro atoms. The van der Waals surface area contributed by atoms with Crippen LogP contribution in [-0.2, 0) is 0 Å². The molecule has 54 valence electrons. The van der Waals surface area contributed by atoms with Gasteiger partial charge in [0.25, 0.3) is 0 Å². The number of carboxylic acid groups (broad SMARTS) is 1. The summed E-state index contributed by atoms with van der Waals surface area (Å²) >= 11 is 0. The average Bonchev–Trinajstić information content (AvgIpc) is 1.83. The third-order valence-corrected chi connectivity index (χ3v) is 1.30. The second-order valence-electron chi connectivity index (χ2n) is 2.20. The van der Waals surface area contributed by atoms with E-state index in [1.807, 2.05) is 13.8 Å². The molecule has 0 aliphatic rings. The van der Waals surface area contributed by atoms with Crippen molar-refractivity contribution < 1.29 is 9.90 Å². The fourth-order valence-corrected chi connectivity index (χ4v) is 0.406. The van der Waals surface area contributed by atoms with E-state index in [2.05, 4.69) is 5.32 Å². The highest BCUT2D eigenvalue weighted by molar-refractivity contribution is 5.64. The number of carbonyl (C=O) groups is 1. The first-order chi connectivity index (χ1) is 4.16. The van der Waals surface area contributed by atoms with Gasteiger partial charge < -0.3 is 10.4 Å². The molecule has 0 heterocycles. The maximum Gasteiger partial charge on any atom is 0.404 e. The van der Waals surface area contributed by atoms with Crippen molar-refractivity contribution >= 4 is 6.09 Å². The fraction of sp³-hybridized carbons (Fsp3) is 0.833. The summed E-state index contributed by atoms with van der Waals surface area (Å²) in [4.78, 5) is 9.91. The lowest BCUT2D eigenvalue weighted by Crippen LogP contribution is -2.25. The van der Waals surface area contributed by atoms with Crippen molar-refractivity contribution in [3.05, 3.63) is 0 Å². The van der Waals surface area contributed by atoms with Crippen molar-refractivity contribution in [2.75, 3.05) is 6.54 Å². The lowest BCUT2D eigenvalue weighted by Gasteiger charge is -2.05. The zero-order valence-corrected chi connectivity index (χ0v) is 5.85. The summed E-state index contributed by atoms with van der Waals surface area (Å²) in [5.74, 6) is 0.445. The van der Waals surface area contributed by atoms with Gasteiger partial charge in [-0.05, 0) is 5.92 Å². The van der Waals surface area contributed by atoms with Crippen LogP contribution in [0.1, 0.15) is 20.3 Å². The molecule has 0 bridgehead atoms. The van der Waals surface area contributed by atoms with Gasteiger partial charge in [-0.25, -0.2) is 4.79 Å². The van der Waals surface area contributed by atoms with Crippen LogP contribution in [0.5, 0.6) is 0 Å². The highest BCUT2D eigenvalue weighted by atomic mass is 16.4. The number of hydrogen-bond acceptors (Lipinski definition) is 1. The molecule has 1 amide bonds. The van der Waals surface area contributed by atoms with Crippen molar-refractivity contribution in [1.82, 2.24) is 5.32 Å². The van der Waals surface area contributed by atoms with Crippen molar-refractivity contribution in [1.29, 1.82) is 0 Å². The lowest BCUT2D eigenvalue weighted by atomic mass is 10.1. The quantitative estimate of drug-likeness (QED) is 0.606. The van der Waals surface area contributed by atoms with Crippen LogP contribution >= 0.6 is 0 Å². The molecule has 0 aliphatic carbocycles. The second-order valence-corrected chi connectivity index (χ2v) is 2.20. The van der Waals surface area contributed by atoms with Crippen LogP contribution in [0, 0.1) is 5.92 Å². The van der Waals surface area contributed by atoms with Crippen molar-refractivity contribution in [2.24, 2.45) is 5.92 Å². The maximum atomic E-state index is 9.91. The molecule has 0 saturated heterocycles. The predicted octanol–water partition coefficient (Wildman–Crippen LogP) is 1.30. The van der Waals surface area contributed by atoms with E-state index in [9.17, 15) is 4.79 Å². The number of rotatable bonds is 3. The molecule has 2 N–H and O–H groups in total. The molecule has 0 fully saturated rings. The lowest BCUT2D eigenvalue weighted by molar-refractivity contribution is 0.192. The van der Waals surface area contributed by atoms with Gasteiger partial charge in [0, 0.05) is 6.54 Å². The molecule has 9 heavy (non-hydrogen) atoms. The van der Waals surface area contributed by atoms with Crippen LogP contribution < -0.4 is 5.32 Å². The minimum Gasteiger partial charge on any atom is -0.465 e. The number of amides is 1. The van der Waals surface area contributed by atoms with E-state index in [1.165, 1.54) is 0 Å². The van der Waals surface area contributed by atoms with Gasteiger partial charge >= 0.3 is 6.09 Å². The van der Waals surface area contributed by atoms with Gasteiger partial charge in [-0.3, -0.25) is 0 Å². The largest absolute Gasteiger partial charge is 0.465 e. The smallest absolute Gasteiger partial charge is 0.404 e. The van der Waals surface area contributed by atoms with Crippen molar-refractivity contribution in [3.63, 3.8) is 0 Å². The average molecular weight is 131 g/mol. The Morgan fingerprint density at radius 2 is 2.33 bits per heavy atom. The number of nitrogens with one attached hydrogen (secondary N) is 1. The molecular formula is C6H13NO2. The summed E-state index contributed by atoms with van der Waals surface area (Å²) < 4.78 is 0. The minimum atomic E-state index is -0.935. The summed E-state index contributed by atoms with van der Waals surface area (Å²) in [6.45, 7) is 4.61. The van der Waals surface area contributed by atoms with Gasteiger partial charge in [0.2, 0.25) is 0 Å². The van der Waals surface area contributed by atoms with Gasteiger partial charge in [0.1, 0.15) is 0 Å². The maximum absolute atomic E-state index is 9.91. The SMILES string of the molecule is CCC(C)CNC(=O)O. The van der Waals surface area contributed by atoms with Crippen LogP contribution in [0.25, 0.3) is 0 Å². The van der Waals surface area contributed by atoms with E-state index in [1.54, 1.807) is 0 Å². The summed E-state index contributed by atoms with van der Waals surface area (Å²) in [7, 11) is 0. The molecule has 0 saturated carbocycles. The highest BCUT2D eigenvalue weighted by Crippen LogP contribution is 1.96. The molecule has 0 rings (SSSR count). The van der Waals surface area contributed by atoms with E-state index in [0.29, 0.717) is 12.5 Å². The molecule has 0 aromatic rings. The highest BCUT2D eigenvalue weighted by Gasteiger charge is 1.99. The summed E-state index contributed by atoms with van der Waals surface area (Å²) in [6.07, 6.45) is 0.0793. The molecule has 1 unspecified atom stereocenters. The van der Waals surface area contributed by atoms with Gasteiger partial charge in [0.15, 0.2) is 0 Å². The molecular weight excluding hydrogens is 118 g/mol. The van der Waals surface area contributed by atoms with Crippen LogP contribution in [0.3, 0.4) is 0 Å². The molecule has 3 nitrogen and oxygen atoms in total. The first-order valence-corrected chi connectivity index (χ1v) is 3.13. The Morgan fingerprint density at radius 1 is 1.78 bits per heavy atom. The van der Waals surface area contributed by atoms with Crippen molar-refractivity contribution in [3.8, 4) is 0 Å². The fourth-order valence-electron chi connectivity index (χ4n) is 0.406. The second kappa shape index (κ2) is 4.18. The van der Waals surface area contributed by atoms with E-state index >= 15 is 0 Å². The third-order valence-electron chi connectivity index (χ3n) is 1.30. The topological polar surface area (TPSA) is 49.3 Å². The standard InChI is InChI=1S/C6H13NO2/c1-3-5(2)4-7-6(8)9/h5,7H,3-4H2,1-2H3,(H,8,9). The van der Waals surface area contributed by atoms with Gasteiger partial charge in [-0.2, -0.15) is 0 Å². The molecule has 0 radical (unpaired) electrons. The summed E-state index contributed by atoms with van der Waals surface area (Å²) in [6, 6.07) is 0. The van der Waals surface area contributed by atoms with Crippen LogP contribution in [-0.4, -0.2) is 17.7 Å². The van der Waals surface area contributed by atoms with Crippen molar-refractivity contribution in [2.45, 2.75) is 20.3 Å². The van der Waals surface area contributed by atoms with Crippen LogP contribution in [0.15, 0.2) is 0 Å².